The number of benzene rings is 2. The van der Waals surface area contributed by atoms with Crippen molar-refractivity contribution in [1.82, 2.24) is 9.88 Å². The van der Waals surface area contributed by atoms with Crippen LogP contribution in [0.5, 0.6) is 0 Å². The van der Waals surface area contributed by atoms with Crippen molar-refractivity contribution in [1.29, 1.82) is 0 Å². The van der Waals surface area contributed by atoms with E-state index in [2.05, 4.69) is 9.88 Å². The monoisotopic (exact) mass is 344 g/mol. The second-order valence-corrected chi connectivity index (χ2v) is 6.67. The van der Waals surface area contributed by atoms with Crippen LogP contribution in [0.2, 0.25) is 0 Å². The van der Waals surface area contributed by atoms with Crippen LogP contribution >= 0.6 is 0 Å². The molecule has 1 unspecified atom stereocenters. The number of nitrogens with one attached hydrogen (secondary N) is 1. The average molecular weight is 344 g/mol. The molecule has 130 valence electrons. The van der Waals surface area contributed by atoms with Crippen molar-refractivity contribution < 1.29 is 13.2 Å². The molecular weight excluding hydrogens is 325 g/mol. The highest BCUT2D eigenvalue weighted by atomic mass is 19.1. The summed E-state index contributed by atoms with van der Waals surface area (Å²) in [4.78, 5) is 5.58. The molecule has 5 heteroatoms. The first-order valence-corrected chi connectivity index (χ1v) is 8.56. The minimum atomic E-state index is -0.561. The molecule has 1 aliphatic heterocycles. The molecule has 1 saturated heterocycles. The number of halogens is 3. The van der Waals surface area contributed by atoms with Crippen molar-refractivity contribution in [2.75, 3.05) is 6.54 Å². The van der Waals surface area contributed by atoms with E-state index in [4.69, 9.17) is 0 Å². The van der Waals surface area contributed by atoms with E-state index in [9.17, 15) is 13.2 Å². The predicted octanol–water partition coefficient (Wildman–Crippen LogP) is 5.31. The molecular formula is C20H19F3N2. The number of aromatic amines is 1. The molecule has 0 bridgehead atoms. The largest absolute Gasteiger partial charge is 0.357 e. The molecule has 1 aliphatic rings. The lowest BCUT2D eigenvalue weighted by Crippen LogP contribution is -2.33. The van der Waals surface area contributed by atoms with Crippen molar-refractivity contribution >= 4 is 10.9 Å². The summed E-state index contributed by atoms with van der Waals surface area (Å²) in [7, 11) is 0. The van der Waals surface area contributed by atoms with Crippen LogP contribution in [0.4, 0.5) is 13.2 Å². The molecule has 1 N–H and O–H groups in total. The fraction of sp³-hybridized carbons (Fsp3) is 0.300. The zero-order valence-electron chi connectivity index (χ0n) is 13.7. The first kappa shape index (κ1) is 16.2. The van der Waals surface area contributed by atoms with Gasteiger partial charge in [-0.2, -0.15) is 0 Å². The maximum Gasteiger partial charge on any atom is 0.130 e. The molecule has 0 saturated carbocycles. The third-order valence-electron chi connectivity index (χ3n) is 4.96. The minimum absolute atomic E-state index is 0.119. The first-order chi connectivity index (χ1) is 12.1. The number of fused-ring (bicyclic) bond motifs is 1. The van der Waals surface area contributed by atoms with E-state index in [1.165, 1.54) is 24.3 Å². The number of hydrogen-bond acceptors (Lipinski definition) is 1. The van der Waals surface area contributed by atoms with Crippen LogP contribution in [0.25, 0.3) is 10.9 Å². The van der Waals surface area contributed by atoms with E-state index >= 15 is 0 Å². The molecule has 4 rings (SSSR count). The van der Waals surface area contributed by atoms with E-state index in [1.54, 1.807) is 6.07 Å². The van der Waals surface area contributed by atoms with Crippen LogP contribution in [0, 0.1) is 17.5 Å². The molecule has 0 spiro atoms. The van der Waals surface area contributed by atoms with Crippen molar-refractivity contribution in [3.05, 3.63) is 71.2 Å². The molecule has 0 amide bonds. The van der Waals surface area contributed by atoms with E-state index in [0.29, 0.717) is 12.1 Å². The Morgan fingerprint density at radius 3 is 2.60 bits per heavy atom. The number of aromatic nitrogens is 1. The highest BCUT2D eigenvalue weighted by Crippen LogP contribution is 2.33. The third-order valence-corrected chi connectivity index (χ3v) is 4.96. The van der Waals surface area contributed by atoms with Gasteiger partial charge in [-0.1, -0.05) is 12.5 Å². The normalized spacial score (nSPS) is 18.8. The Labute approximate surface area is 144 Å². The summed E-state index contributed by atoms with van der Waals surface area (Å²) in [5.41, 5.74) is 2.41. The van der Waals surface area contributed by atoms with Gasteiger partial charge in [0.05, 0.1) is 6.04 Å². The zero-order chi connectivity index (χ0) is 17.4. The summed E-state index contributed by atoms with van der Waals surface area (Å²) in [6.07, 6.45) is 3.10. The quantitative estimate of drug-likeness (QED) is 0.682. The van der Waals surface area contributed by atoms with Gasteiger partial charge >= 0.3 is 0 Å². The summed E-state index contributed by atoms with van der Waals surface area (Å²) in [6.45, 7) is 1.28. The molecule has 2 heterocycles. The smallest absolute Gasteiger partial charge is 0.130 e. The summed E-state index contributed by atoms with van der Waals surface area (Å²) in [5, 5.41) is 0.841. The van der Waals surface area contributed by atoms with Crippen LogP contribution in [0.15, 0.2) is 42.5 Å². The highest BCUT2D eigenvalue weighted by Gasteiger charge is 2.26. The second kappa shape index (κ2) is 6.56. The number of rotatable bonds is 3. The Kier molecular flexibility index (Phi) is 4.25. The summed E-state index contributed by atoms with van der Waals surface area (Å²) in [5.74, 6) is -1.33. The topological polar surface area (TPSA) is 19.0 Å². The van der Waals surface area contributed by atoms with Crippen molar-refractivity contribution in [3.8, 4) is 0 Å². The lowest BCUT2D eigenvalue weighted by atomic mass is 9.98. The fourth-order valence-electron chi connectivity index (χ4n) is 3.71. The van der Waals surface area contributed by atoms with Crippen LogP contribution < -0.4 is 0 Å². The van der Waals surface area contributed by atoms with Crippen LogP contribution in [0.1, 0.15) is 36.6 Å². The third kappa shape index (κ3) is 3.29. The van der Waals surface area contributed by atoms with E-state index in [0.717, 1.165) is 48.5 Å². The highest BCUT2D eigenvalue weighted by molar-refractivity contribution is 5.80. The Hall–Kier alpha value is -2.27. The minimum Gasteiger partial charge on any atom is -0.357 e. The molecule has 1 fully saturated rings. The van der Waals surface area contributed by atoms with Gasteiger partial charge in [0, 0.05) is 34.8 Å². The number of hydrogen-bond donors (Lipinski definition) is 1. The lowest BCUT2D eigenvalue weighted by molar-refractivity contribution is 0.136. The van der Waals surface area contributed by atoms with E-state index in [-0.39, 0.29) is 11.9 Å². The van der Waals surface area contributed by atoms with Crippen molar-refractivity contribution in [2.24, 2.45) is 0 Å². The summed E-state index contributed by atoms with van der Waals surface area (Å²) in [6, 6.07) is 10.5. The molecule has 2 nitrogen and oxygen atoms in total. The van der Waals surface area contributed by atoms with Gasteiger partial charge in [0.15, 0.2) is 0 Å². The molecule has 2 aromatic carbocycles. The van der Waals surface area contributed by atoms with Crippen molar-refractivity contribution in [3.63, 3.8) is 0 Å². The number of piperidine rings is 1. The second-order valence-electron chi connectivity index (χ2n) is 6.67. The van der Waals surface area contributed by atoms with Gasteiger partial charge in [-0.05, 0) is 49.7 Å². The maximum atomic E-state index is 14.0. The van der Waals surface area contributed by atoms with Gasteiger partial charge in [0.2, 0.25) is 0 Å². The molecule has 0 aliphatic carbocycles. The SMILES string of the molecule is Fc1ccc(CN2CCCCC2c2cc3cc(F)ccc3[nH]2)c(F)c1. The standard InChI is InChI=1S/C20H19F3N2/c21-15-6-7-18-14(9-15)10-19(24-18)20-3-1-2-8-25(20)12-13-4-5-16(22)11-17(13)23/h4-7,9-11,20,24H,1-3,8,12H2. The maximum absolute atomic E-state index is 14.0. The van der Waals surface area contributed by atoms with Crippen LogP contribution in [-0.2, 0) is 6.54 Å². The Morgan fingerprint density at radius 2 is 1.76 bits per heavy atom. The van der Waals surface area contributed by atoms with Gasteiger partial charge in [-0.15, -0.1) is 0 Å². The molecule has 1 atom stereocenters. The zero-order valence-corrected chi connectivity index (χ0v) is 13.7. The van der Waals surface area contributed by atoms with Gasteiger partial charge in [0.1, 0.15) is 17.5 Å². The van der Waals surface area contributed by atoms with Gasteiger partial charge < -0.3 is 4.98 Å². The molecule has 1 aromatic heterocycles. The first-order valence-electron chi connectivity index (χ1n) is 8.56. The average Bonchev–Trinajstić information content (AvgIpc) is 3.00. The van der Waals surface area contributed by atoms with Gasteiger partial charge in [-0.25, -0.2) is 13.2 Å². The lowest BCUT2D eigenvalue weighted by Gasteiger charge is -2.35. The molecule has 25 heavy (non-hydrogen) atoms. The number of H-pyrrole nitrogens is 1. The Bertz CT molecular complexity index is 903. The van der Waals surface area contributed by atoms with Gasteiger partial charge in [0.25, 0.3) is 0 Å². The fourth-order valence-corrected chi connectivity index (χ4v) is 3.71. The molecule has 0 radical (unpaired) electrons. The van der Waals surface area contributed by atoms with Gasteiger partial charge in [-0.3, -0.25) is 4.90 Å². The molecule has 3 aromatic rings. The Morgan fingerprint density at radius 1 is 0.960 bits per heavy atom. The summed E-state index contributed by atoms with van der Waals surface area (Å²) < 4.78 is 40.6. The summed E-state index contributed by atoms with van der Waals surface area (Å²) >= 11 is 0. The Balaban J connectivity index is 1.63. The van der Waals surface area contributed by atoms with E-state index < -0.39 is 11.6 Å². The predicted molar refractivity (Wildman–Crippen MR) is 91.6 cm³/mol. The van der Waals surface area contributed by atoms with Crippen LogP contribution in [-0.4, -0.2) is 16.4 Å². The van der Waals surface area contributed by atoms with Crippen LogP contribution in [0.3, 0.4) is 0 Å². The van der Waals surface area contributed by atoms with E-state index in [1.807, 2.05) is 6.07 Å². The number of nitrogens with zero attached hydrogens (tertiary/aromatic N) is 1. The number of likely N-dealkylation sites (tertiary alicyclic amines) is 1. The van der Waals surface area contributed by atoms with Crippen molar-refractivity contribution in [2.45, 2.75) is 31.8 Å².